The van der Waals surface area contributed by atoms with Crippen molar-refractivity contribution in [2.24, 2.45) is 5.92 Å². The standard InChI is InChI=1S/C13H22N2O2/c1-9(2)6-7-15-8-10(12(16)17)11(14-15)13(3,4)5/h8-9H,6-7H2,1-5H3,(H,16,17). The zero-order chi connectivity index (χ0) is 13.2. The molecular weight excluding hydrogens is 216 g/mol. The number of carbonyl (C=O) groups is 1. The second-order valence-electron chi connectivity index (χ2n) is 5.89. The van der Waals surface area contributed by atoms with Gasteiger partial charge in [-0.1, -0.05) is 34.6 Å². The van der Waals surface area contributed by atoms with E-state index in [1.807, 2.05) is 20.8 Å². The average molecular weight is 238 g/mol. The normalized spacial score (nSPS) is 12.1. The van der Waals surface area contributed by atoms with E-state index in [2.05, 4.69) is 18.9 Å². The van der Waals surface area contributed by atoms with Crippen LogP contribution in [0, 0.1) is 5.92 Å². The fraction of sp³-hybridized carbons (Fsp3) is 0.692. The number of aromatic carboxylic acids is 1. The van der Waals surface area contributed by atoms with Crippen molar-refractivity contribution in [1.82, 2.24) is 9.78 Å². The summed E-state index contributed by atoms with van der Waals surface area (Å²) in [6, 6.07) is 0. The molecule has 0 fully saturated rings. The predicted molar refractivity (Wildman–Crippen MR) is 67.3 cm³/mol. The molecule has 1 aromatic heterocycles. The number of rotatable bonds is 4. The van der Waals surface area contributed by atoms with Crippen molar-refractivity contribution in [2.45, 2.75) is 53.0 Å². The van der Waals surface area contributed by atoms with Crippen LogP contribution in [0.15, 0.2) is 6.20 Å². The average Bonchev–Trinajstić information content (AvgIpc) is 2.57. The second-order valence-corrected chi connectivity index (χ2v) is 5.89. The third kappa shape index (κ3) is 3.58. The van der Waals surface area contributed by atoms with Gasteiger partial charge in [0.15, 0.2) is 0 Å². The lowest BCUT2D eigenvalue weighted by Crippen LogP contribution is -2.16. The van der Waals surface area contributed by atoms with Gasteiger partial charge >= 0.3 is 5.97 Å². The minimum atomic E-state index is -0.897. The smallest absolute Gasteiger partial charge is 0.339 e. The quantitative estimate of drug-likeness (QED) is 0.877. The maximum Gasteiger partial charge on any atom is 0.339 e. The van der Waals surface area contributed by atoms with Crippen molar-refractivity contribution in [3.63, 3.8) is 0 Å². The van der Waals surface area contributed by atoms with Gasteiger partial charge in [0.2, 0.25) is 0 Å². The van der Waals surface area contributed by atoms with Gasteiger partial charge in [-0.05, 0) is 12.3 Å². The Kier molecular flexibility index (Phi) is 3.96. The third-order valence-corrected chi connectivity index (χ3v) is 2.64. The van der Waals surface area contributed by atoms with Gasteiger partial charge in [0.1, 0.15) is 5.56 Å². The molecule has 4 nitrogen and oxygen atoms in total. The highest BCUT2D eigenvalue weighted by Crippen LogP contribution is 2.24. The molecule has 0 atom stereocenters. The number of carboxylic acids is 1. The van der Waals surface area contributed by atoms with E-state index in [0.29, 0.717) is 17.2 Å². The van der Waals surface area contributed by atoms with Gasteiger partial charge in [0.05, 0.1) is 5.69 Å². The Morgan fingerprint density at radius 2 is 2.06 bits per heavy atom. The second kappa shape index (κ2) is 4.90. The maximum atomic E-state index is 11.2. The van der Waals surface area contributed by atoms with E-state index in [0.717, 1.165) is 13.0 Å². The lowest BCUT2D eigenvalue weighted by Gasteiger charge is -2.16. The monoisotopic (exact) mass is 238 g/mol. The molecule has 96 valence electrons. The molecule has 0 aliphatic carbocycles. The Morgan fingerprint density at radius 3 is 2.41 bits per heavy atom. The number of aryl methyl sites for hydroxylation is 1. The van der Waals surface area contributed by atoms with Crippen molar-refractivity contribution in [3.05, 3.63) is 17.5 Å². The fourth-order valence-electron chi connectivity index (χ4n) is 1.64. The van der Waals surface area contributed by atoms with Gasteiger partial charge < -0.3 is 5.11 Å². The third-order valence-electron chi connectivity index (χ3n) is 2.64. The zero-order valence-electron chi connectivity index (χ0n) is 11.3. The van der Waals surface area contributed by atoms with Gasteiger partial charge in [0, 0.05) is 18.2 Å². The van der Waals surface area contributed by atoms with Crippen LogP contribution >= 0.6 is 0 Å². The molecule has 0 bridgehead atoms. The lowest BCUT2D eigenvalue weighted by molar-refractivity contribution is 0.0694. The summed E-state index contributed by atoms with van der Waals surface area (Å²) in [5.74, 6) is -0.309. The molecule has 1 N–H and O–H groups in total. The van der Waals surface area contributed by atoms with E-state index < -0.39 is 5.97 Å². The van der Waals surface area contributed by atoms with Gasteiger partial charge in [-0.25, -0.2) is 4.79 Å². The predicted octanol–water partition coefficient (Wildman–Crippen LogP) is 2.92. The van der Waals surface area contributed by atoms with Crippen LogP contribution in [0.25, 0.3) is 0 Å². The molecule has 0 amide bonds. The number of carboxylic acid groups (broad SMARTS) is 1. The van der Waals surface area contributed by atoms with Gasteiger partial charge in [0.25, 0.3) is 0 Å². The van der Waals surface area contributed by atoms with Crippen molar-refractivity contribution >= 4 is 5.97 Å². The first-order chi connectivity index (χ1) is 7.71. The van der Waals surface area contributed by atoms with E-state index in [9.17, 15) is 4.79 Å². The number of hydrogen-bond acceptors (Lipinski definition) is 2. The van der Waals surface area contributed by atoms with Gasteiger partial charge in [-0.3, -0.25) is 4.68 Å². The summed E-state index contributed by atoms with van der Waals surface area (Å²) in [7, 11) is 0. The van der Waals surface area contributed by atoms with Crippen molar-refractivity contribution in [3.8, 4) is 0 Å². The number of hydrogen-bond donors (Lipinski definition) is 1. The summed E-state index contributed by atoms with van der Waals surface area (Å²) in [6.45, 7) is 11.0. The van der Waals surface area contributed by atoms with Crippen LogP contribution in [0.4, 0.5) is 0 Å². The van der Waals surface area contributed by atoms with Crippen molar-refractivity contribution in [2.75, 3.05) is 0 Å². The van der Waals surface area contributed by atoms with E-state index in [1.54, 1.807) is 10.9 Å². The fourth-order valence-corrected chi connectivity index (χ4v) is 1.64. The van der Waals surface area contributed by atoms with Crippen LogP contribution in [0.2, 0.25) is 0 Å². The molecule has 1 heterocycles. The first-order valence-electron chi connectivity index (χ1n) is 6.03. The zero-order valence-corrected chi connectivity index (χ0v) is 11.3. The minimum absolute atomic E-state index is 0.239. The largest absolute Gasteiger partial charge is 0.478 e. The molecule has 0 aliphatic heterocycles. The molecule has 0 radical (unpaired) electrons. The van der Waals surface area contributed by atoms with Crippen LogP contribution < -0.4 is 0 Å². The first-order valence-corrected chi connectivity index (χ1v) is 6.03. The van der Waals surface area contributed by atoms with E-state index in [1.165, 1.54) is 0 Å². The topological polar surface area (TPSA) is 55.1 Å². The Hall–Kier alpha value is -1.32. The summed E-state index contributed by atoms with van der Waals surface area (Å²) in [4.78, 5) is 11.2. The van der Waals surface area contributed by atoms with Gasteiger partial charge in [-0.15, -0.1) is 0 Å². The summed E-state index contributed by atoms with van der Waals surface area (Å²) >= 11 is 0. The molecule has 0 saturated heterocycles. The maximum absolute atomic E-state index is 11.2. The van der Waals surface area contributed by atoms with Crippen LogP contribution in [0.3, 0.4) is 0 Å². The summed E-state index contributed by atoms with van der Waals surface area (Å²) in [6.07, 6.45) is 2.65. The Balaban J connectivity index is 3.01. The van der Waals surface area contributed by atoms with E-state index in [-0.39, 0.29) is 5.41 Å². The molecule has 0 aromatic carbocycles. The summed E-state index contributed by atoms with van der Waals surface area (Å²) < 4.78 is 1.75. The first kappa shape index (κ1) is 13.7. The highest BCUT2D eigenvalue weighted by atomic mass is 16.4. The molecular formula is C13H22N2O2. The Morgan fingerprint density at radius 1 is 1.47 bits per heavy atom. The molecule has 17 heavy (non-hydrogen) atoms. The van der Waals surface area contributed by atoms with Crippen molar-refractivity contribution in [1.29, 1.82) is 0 Å². The molecule has 0 saturated carbocycles. The minimum Gasteiger partial charge on any atom is -0.478 e. The van der Waals surface area contributed by atoms with Crippen LogP contribution in [0.1, 0.15) is 57.1 Å². The van der Waals surface area contributed by atoms with Crippen LogP contribution in [0.5, 0.6) is 0 Å². The summed E-state index contributed by atoms with van der Waals surface area (Å²) in [5.41, 5.74) is 0.742. The van der Waals surface area contributed by atoms with Crippen LogP contribution in [-0.4, -0.2) is 20.9 Å². The summed E-state index contributed by atoms with van der Waals surface area (Å²) in [5, 5.41) is 13.6. The number of aromatic nitrogens is 2. The molecule has 4 heteroatoms. The van der Waals surface area contributed by atoms with Crippen LogP contribution in [-0.2, 0) is 12.0 Å². The Bertz CT molecular complexity index is 400. The molecule has 0 spiro atoms. The molecule has 0 aliphatic rings. The molecule has 0 unspecified atom stereocenters. The lowest BCUT2D eigenvalue weighted by atomic mass is 9.90. The number of nitrogens with zero attached hydrogens (tertiary/aromatic N) is 2. The van der Waals surface area contributed by atoms with Crippen molar-refractivity contribution < 1.29 is 9.90 Å². The van der Waals surface area contributed by atoms with Gasteiger partial charge in [-0.2, -0.15) is 5.10 Å². The van der Waals surface area contributed by atoms with E-state index >= 15 is 0 Å². The van der Waals surface area contributed by atoms with E-state index in [4.69, 9.17) is 5.11 Å². The SMILES string of the molecule is CC(C)CCn1cc(C(=O)O)c(C(C)(C)C)n1. The molecule has 1 rings (SSSR count). The molecule has 1 aromatic rings. The highest BCUT2D eigenvalue weighted by molar-refractivity contribution is 5.89. The Labute approximate surface area is 103 Å². The highest BCUT2D eigenvalue weighted by Gasteiger charge is 2.25.